The van der Waals surface area contributed by atoms with Crippen molar-refractivity contribution in [3.63, 3.8) is 0 Å². The molecule has 26 heavy (non-hydrogen) atoms. The first-order valence-corrected chi connectivity index (χ1v) is 8.67. The van der Waals surface area contributed by atoms with Crippen molar-refractivity contribution in [2.24, 2.45) is 0 Å². The molecule has 1 unspecified atom stereocenters. The topological polar surface area (TPSA) is 89.1 Å². The molecule has 4 rings (SSSR count). The van der Waals surface area contributed by atoms with Gasteiger partial charge in [-0.25, -0.2) is 4.68 Å². The first kappa shape index (κ1) is 16.5. The molecule has 0 fully saturated rings. The molecule has 0 saturated carbocycles. The van der Waals surface area contributed by atoms with E-state index in [9.17, 15) is 9.90 Å². The van der Waals surface area contributed by atoms with E-state index in [1.54, 1.807) is 15.8 Å². The van der Waals surface area contributed by atoms with Gasteiger partial charge in [0.15, 0.2) is 5.69 Å². The van der Waals surface area contributed by atoms with E-state index in [0.29, 0.717) is 37.4 Å². The highest BCUT2D eigenvalue weighted by molar-refractivity contribution is 5.92. The summed E-state index contributed by atoms with van der Waals surface area (Å²) in [6.07, 6.45) is 1.69. The number of carbonyl (C=O) groups is 1. The zero-order valence-corrected chi connectivity index (χ0v) is 14.5. The Morgan fingerprint density at radius 2 is 2.08 bits per heavy atom. The van der Waals surface area contributed by atoms with Gasteiger partial charge in [0.2, 0.25) is 0 Å². The highest BCUT2D eigenvalue weighted by Crippen LogP contribution is 2.21. The summed E-state index contributed by atoms with van der Waals surface area (Å²) < 4.78 is 3.45. The lowest BCUT2D eigenvalue weighted by Gasteiger charge is -2.26. The maximum Gasteiger partial charge on any atom is 0.276 e. The number of aliphatic hydroxyl groups excluding tert-OH is 1. The highest BCUT2D eigenvalue weighted by atomic mass is 16.3. The van der Waals surface area contributed by atoms with E-state index in [2.05, 4.69) is 15.4 Å². The van der Waals surface area contributed by atoms with Crippen molar-refractivity contribution < 1.29 is 9.90 Å². The lowest BCUT2D eigenvalue weighted by molar-refractivity contribution is 0.0699. The molecule has 0 aliphatic carbocycles. The zero-order chi connectivity index (χ0) is 18.1. The Balaban J connectivity index is 1.51. The van der Waals surface area contributed by atoms with Crippen molar-refractivity contribution >= 4 is 5.91 Å². The van der Waals surface area contributed by atoms with Gasteiger partial charge in [0.05, 0.1) is 42.5 Å². The molecule has 3 heterocycles. The summed E-state index contributed by atoms with van der Waals surface area (Å²) in [4.78, 5) is 14.5. The van der Waals surface area contributed by atoms with Gasteiger partial charge in [-0.05, 0) is 24.6 Å². The molecule has 1 atom stereocenters. The molecule has 1 amide bonds. The van der Waals surface area contributed by atoms with Crippen LogP contribution < -0.4 is 0 Å². The average molecular weight is 352 g/mol. The predicted molar refractivity (Wildman–Crippen MR) is 93.6 cm³/mol. The molecule has 1 N–H and O–H groups in total. The fourth-order valence-electron chi connectivity index (χ4n) is 3.06. The Bertz CT molecular complexity index is 917. The molecule has 0 spiro atoms. The average Bonchev–Trinajstić information content (AvgIpc) is 3.34. The van der Waals surface area contributed by atoms with Crippen LogP contribution in [0.1, 0.15) is 41.3 Å². The number of para-hydroxylation sites is 1. The van der Waals surface area contributed by atoms with Gasteiger partial charge in [-0.3, -0.25) is 9.48 Å². The molecule has 1 aliphatic rings. The quantitative estimate of drug-likeness (QED) is 0.770. The molecular formula is C18H20N6O2. The molecule has 8 heteroatoms. The van der Waals surface area contributed by atoms with Crippen molar-refractivity contribution in [3.8, 4) is 5.69 Å². The zero-order valence-electron chi connectivity index (χ0n) is 14.5. The number of carbonyl (C=O) groups excluding carboxylic acids is 1. The Morgan fingerprint density at radius 1 is 1.27 bits per heavy atom. The van der Waals surface area contributed by atoms with Gasteiger partial charge in [-0.2, -0.15) is 5.10 Å². The van der Waals surface area contributed by atoms with E-state index in [1.807, 2.05) is 48.0 Å². The lowest BCUT2D eigenvalue weighted by atomic mass is 10.2. The van der Waals surface area contributed by atoms with Crippen LogP contribution in [0.25, 0.3) is 5.69 Å². The van der Waals surface area contributed by atoms with E-state index >= 15 is 0 Å². The predicted octanol–water partition coefficient (Wildman–Crippen LogP) is 1.56. The van der Waals surface area contributed by atoms with E-state index in [0.717, 1.165) is 11.4 Å². The monoisotopic (exact) mass is 352 g/mol. The van der Waals surface area contributed by atoms with E-state index in [1.165, 1.54) is 0 Å². The third kappa shape index (κ3) is 2.99. The maximum absolute atomic E-state index is 12.8. The van der Waals surface area contributed by atoms with Gasteiger partial charge in [0, 0.05) is 6.54 Å². The normalized spacial score (nSPS) is 14.9. The first-order valence-electron chi connectivity index (χ1n) is 8.67. The van der Waals surface area contributed by atoms with Crippen LogP contribution in [-0.2, 0) is 13.1 Å². The molecule has 0 bridgehead atoms. The number of nitrogens with zero attached hydrogens (tertiary/aromatic N) is 6. The van der Waals surface area contributed by atoms with Crippen LogP contribution in [-0.4, -0.2) is 47.2 Å². The van der Waals surface area contributed by atoms with Crippen LogP contribution in [0.2, 0.25) is 0 Å². The third-order valence-electron chi connectivity index (χ3n) is 4.57. The molecule has 3 aromatic rings. The number of aromatic nitrogens is 5. The van der Waals surface area contributed by atoms with Crippen molar-refractivity contribution in [2.45, 2.75) is 32.5 Å². The first-order chi connectivity index (χ1) is 12.7. The summed E-state index contributed by atoms with van der Waals surface area (Å²) in [6, 6.07) is 11.4. The molecule has 0 radical (unpaired) electrons. The van der Waals surface area contributed by atoms with Gasteiger partial charge in [-0.1, -0.05) is 30.3 Å². The van der Waals surface area contributed by atoms with Crippen LogP contribution in [0, 0.1) is 0 Å². The Hall–Kier alpha value is -3.00. The van der Waals surface area contributed by atoms with Gasteiger partial charge in [0.25, 0.3) is 5.91 Å². The Labute approximate surface area is 150 Å². The van der Waals surface area contributed by atoms with Gasteiger partial charge in [0.1, 0.15) is 0 Å². The second-order valence-electron chi connectivity index (χ2n) is 6.32. The van der Waals surface area contributed by atoms with Crippen LogP contribution in [0.15, 0.2) is 42.6 Å². The second-order valence-corrected chi connectivity index (χ2v) is 6.32. The fourth-order valence-corrected chi connectivity index (χ4v) is 3.06. The smallest absolute Gasteiger partial charge is 0.276 e. The SMILES string of the molecule is CCC(O)c1cc2n(n1)CCN(C(=O)c1cn(-c3ccccc3)nn1)C2. The van der Waals surface area contributed by atoms with Crippen molar-refractivity contribution in [1.29, 1.82) is 0 Å². The molecular weight excluding hydrogens is 332 g/mol. The number of hydrogen-bond donors (Lipinski definition) is 1. The molecule has 1 aliphatic heterocycles. The second kappa shape index (κ2) is 6.72. The largest absolute Gasteiger partial charge is 0.387 e. The van der Waals surface area contributed by atoms with Crippen LogP contribution in [0.5, 0.6) is 0 Å². The Morgan fingerprint density at radius 3 is 2.85 bits per heavy atom. The maximum atomic E-state index is 12.8. The van der Waals surface area contributed by atoms with E-state index < -0.39 is 6.10 Å². The summed E-state index contributed by atoms with van der Waals surface area (Å²) in [5, 5.41) is 22.5. The summed E-state index contributed by atoms with van der Waals surface area (Å²) >= 11 is 0. The molecule has 1 aromatic carbocycles. The van der Waals surface area contributed by atoms with Gasteiger partial charge in [-0.15, -0.1) is 5.10 Å². The van der Waals surface area contributed by atoms with Gasteiger partial charge >= 0.3 is 0 Å². The number of rotatable bonds is 4. The summed E-state index contributed by atoms with van der Waals surface area (Å²) in [5.74, 6) is -0.155. The standard InChI is InChI=1S/C18H20N6O2/c1-2-17(25)15-10-14-11-22(8-9-23(14)20-15)18(26)16-12-24(21-19-16)13-6-4-3-5-7-13/h3-7,10,12,17,25H,2,8-9,11H2,1H3. The number of fused-ring (bicyclic) bond motifs is 1. The Kier molecular flexibility index (Phi) is 4.26. The van der Waals surface area contributed by atoms with Crippen LogP contribution in [0.3, 0.4) is 0 Å². The number of aliphatic hydroxyl groups is 1. The molecule has 134 valence electrons. The van der Waals surface area contributed by atoms with Crippen molar-refractivity contribution in [1.82, 2.24) is 29.7 Å². The molecule has 2 aromatic heterocycles. The number of benzene rings is 1. The fraction of sp³-hybridized carbons (Fsp3) is 0.333. The minimum Gasteiger partial charge on any atom is -0.387 e. The summed E-state index contributed by atoms with van der Waals surface area (Å²) in [6.45, 7) is 3.51. The molecule has 0 saturated heterocycles. The van der Waals surface area contributed by atoms with E-state index in [-0.39, 0.29) is 5.91 Å². The summed E-state index contributed by atoms with van der Waals surface area (Å²) in [5.41, 5.74) is 2.75. The minimum atomic E-state index is -0.567. The number of amides is 1. The van der Waals surface area contributed by atoms with Crippen LogP contribution >= 0.6 is 0 Å². The number of hydrogen-bond acceptors (Lipinski definition) is 5. The summed E-state index contributed by atoms with van der Waals surface area (Å²) in [7, 11) is 0. The van der Waals surface area contributed by atoms with Crippen molar-refractivity contribution in [3.05, 3.63) is 59.7 Å². The highest BCUT2D eigenvalue weighted by Gasteiger charge is 2.26. The minimum absolute atomic E-state index is 0.155. The lowest BCUT2D eigenvalue weighted by Crippen LogP contribution is -2.38. The van der Waals surface area contributed by atoms with Crippen molar-refractivity contribution in [2.75, 3.05) is 6.54 Å². The van der Waals surface area contributed by atoms with E-state index in [4.69, 9.17) is 0 Å². The molecule has 8 nitrogen and oxygen atoms in total. The third-order valence-corrected chi connectivity index (χ3v) is 4.57. The van der Waals surface area contributed by atoms with Crippen LogP contribution in [0.4, 0.5) is 0 Å². The van der Waals surface area contributed by atoms with Gasteiger partial charge < -0.3 is 10.0 Å².